The first-order valence-electron chi connectivity index (χ1n) is 8.91. The van der Waals surface area contributed by atoms with Gasteiger partial charge in [-0.25, -0.2) is 9.97 Å². The van der Waals surface area contributed by atoms with E-state index in [1.807, 2.05) is 13.8 Å². The molecule has 8 nitrogen and oxygen atoms in total. The number of rotatable bonds is 5. The zero-order chi connectivity index (χ0) is 18.7. The van der Waals surface area contributed by atoms with E-state index in [2.05, 4.69) is 48.6 Å². The van der Waals surface area contributed by atoms with Crippen molar-refractivity contribution in [2.45, 2.75) is 33.6 Å². The highest BCUT2D eigenvalue weighted by Gasteiger charge is 2.21. The second-order valence-corrected chi connectivity index (χ2v) is 7.37. The second-order valence-electron chi connectivity index (χ2n) is 6.61. The van der Waals surface area contributed by atoms with Crippen LogP contribution >= 0.6 is 11.5 Å². The fourth-order valence-electron chi connectivity index (χ4n) is 2.98. The van der Waals surface area contributed by atoms with Gasteiger partial charge in [0.25, 0.3) is 5.91 Å². The molecule has 0 aliphatic carbocycles. The molecule has 0 radical (unpaired) electrons. The predicted octanol–water partition coefficient (Wildman–Crippen LogP) is 1.90. The van der Waals surface area contributed by atoms with Crippen LogP contribution in [0, 0.1) is 13.8 Å². The van der Waals surface area contributed by atoms with E-state index in [4.69, 9.17) is 0 Å². The van der Waals surface area contributed by atoms with Gasteiger partial charge in [-0.05, 0) is 38.8 Å². The number of piperazine rings is 1. The quantitative estimate of drug-likeness (QED) is 0.854. The molecule has 140 valence electrons. The van der Waals surface area contributed by atoms with Gasteiger partial charge in [-0.2, -0.15) is 0 Å². The summed E-state index contributed by atoms with van der Waals surface area (Å²) in [4.78, 5) is 27.0. The number of carbonyl (C=O) groups excluding carboxylic acids is 1. The van der Waals surface area contributed by atoms with Crippen molar-refractivity contribution in [3.8, 4) is 0 Å². The molecule has 2 aromatic rings. The fraction of sp³-hybridized carbons (Fsp3) is 0.588. The van der Waals surface area contributed by atoms with E-state index in [1.165, 1.54) is 0 Å². The number of hydrogen-bond donors (Lipinski definition) is 1. The van der Waals surface area contributed by atoms with Crippen LogP contribution in [0.3, 0.4) is 0 Å². The van der Waals surface area contributed by atoms with E-state index in [1.54, 1.807) is 0 Å². The Morgan fingerprint density at radius 2 is 1.81 bits per heavy atom. The van der Waals surface area contributed by atoms with Gasteiger partial charge in [-0.15, -0.1) is 5.10 Å². The third-order valence-electron chi connectivity index (χ3n) is 4.53. The van der Waals surface area contributed by atoms with E-state index in [-0.39, 0.29) is 5.91 Å². The molecule has 0 unspecified atom stereocenters. The number of aromatic nitrogens is 4. The van der Waals surface area contributed by atoms with Crippen LogP contribution in [0.25, 0.3) is 0 Å². The Balaban J connectivity index is 1.78. The highest BCUT2D eigenvalue weighted by atomic mass is 32.1. The Bertz CT molecular complexity index is 760. The average molecular weight is 376 g/mol. The van der Waals surface area contributed by atoms with Crippen LogP contribution in [0.1, 0.15) is 40.1 Å². The minimum absolute atomic E-state index is 0.189. The van der Waals surface area contributed by atoms with Gasteiger partial charge < -0.3 is 15.1 Å². The van der Waals surface area contributed by atoms with Crippen LogP contribution in [0.5, 0.6) is 0 Å². The topological polar surface area (TPSA) is 87.1 Å². The van der Waals surface area contributed by atoms with Crippen molar-refractivity contribution in [3.05, 3.63) is 22.0 Å². The van der Waals surface area contributed by atoms with E-state index in [9.17, 15) is 4.79 Å². The maximum absolute atomic E-state index is 12.6. The van der Waals surface area contributed by atoms with Crippen molar-refractivity contribution < 1.29 is 4.79 Å². The van der Waals surface area contributed by atoms with Crippen molar-refractivity contribution in [2.75, 3.05) is 43.4 Å². The molecule has 3 heterocycles. The first-order chi connectivity index (χ1) is 12.5. The maximum atomic E-state index is 12.6. The van der Waals surface area contributed by atoms with Gasteiger partial charge in [0.05, 0.1) is 22.8 Å². The molecule has 0 bridgehead atoms. The van der Waals surface area contributed by atoms with E-state index in [0.29, 0.717) is 10.6 Å². The first-order valence-corrected chi connectivity index (χ1v) is 9.68. The predicted molar refractivity (Wildman–Crippen MR) is 103 cm³/mol. The van der Waals surface area contributed by atoms with E-state index >= 15 is 0 Å². The van der Waals surface area contributed by atoms with Gasteiger partial charge in [0.15, 0.2) is 0 Å². The molecule has 1 aliphatic heterocycles. The molecule has 1 saturated heterocycles. The summed E-state index contributed by atoms with van der Waals surface area (Å²) in [6.45, 7) is 9.68. The highest BCUT2D eigenvalue weighted by molar-refractivity contribution is 7.08. The van der Waals surface area contributed by atoms with Gasteiger partial charge in [-0.1, -0.05) is 17.8 Å². The lowest BCUT2D eigenvalue weighted by atomic mass is 10.2. The molecule has 2 aromatic heterocycles. The summed E-state index contributed by atoms with van der Waals surface area (Å²) in [5, 5.41) is 7.02. The van der Waals surface area contributed by atoms with Crippen molar-refractivity contribution in [1.29, 1.82) is 0 Å². The molecule has 1 amide bonds. The smallest absolute Gasteiger partial charge is 0.269 e. The number of nitrogens with one attached hydrogen (secondary N) is 1. The molecule has 0 aromatic carbocycles. The standard InChI is InChI=1S/C17H25N7OS/c1-5-6-13-15(26-22-21-13)16(25)20-14-11(2)18-17(19-12(14)3)24-9-7-23(4)8-10-24/h5-10H2,1-4H3,(H,20,25). The number of amides is 1. The lowest BCUT2D eigenvalue weighted by Crippen LogP contribution is -2.45. The van der Waals surface area contributed by atoms with Gasteiger partial charge in [0.2, 0.25) is 5.95 Å². The molecule has 26 heavy (non-hydrogen) atoms. The monoisotopic (exact) mass is 375 g/mol. The number of nitrogens with zero attached hydrogens (tertiary/aromatic N) is 6. The molecule has 9 heteroatoms. The third kappa shape index (κ3) is 3.99. The molecule has 0 atom stereocenters. The zero-order valence-electron chi connectivity index (χ0n) is 15.7. The van der Waals surface area contributed by atoms with Crippen LogP contribution in [0.2, 0.25) is 0 Å². The Kier molecular flexibility index (Phi) is 5.77. The van der Waals surface area contributed by atoms with Gasteiger partial charge in [0.1, 0.15) is 4.88 Å². The molecule has 1 aliphatic rings. The number of likely N-dealkylation sites (N-methyl/N-ethyl adjacent to an activating group) is 1. The summed E-state index contributed by atoms with van der Waals surface area (Å²) in [6, 6.07) is 0. The third-order valence-corrected chi connectivity index (χ3v) is 5.30. The Morgan fingerprint density at radius 1 is 1.15 bits per heavy atom. The van der Waals surface area contributed by atoms with Crippen molar-refractivity contribution in [3.63, 3.8) is 0 Å². The van der Waals surface area contributed by atoms with Crippen LogP contribution in [0.15, 0.2) is 0 Å². The molecular weight excluding hydrogens is 350 g/mol. The summed E-state index contributed by atoms with van der Waals surface area (Å²) in [5.74, 6) is 0.544. The molecule has 3 rings (SSSR count). The largest absolute Gasteiger partial charge is 0.338 e. The molecule has 1 fully saturated rings. The minimum atomic E-state index is -0.189. The molecule has 0 saturated carbocycles. The number of anilines is 2. The summed E-state index contributed by atoms with van der Waals surface area (Å²) < 4.78 is 3.92. The second kappa shape index (κ2) is 8.05. The van der Waals surface area contributed by atoms with E-state index < -0.39 is 0 Å². The van der Waals surface area contributed by atoms with Crippen molar-refractivity contribution in [1.82, 2.24) is 24.5 Å². The zero-order valence-corrected chi connectivity index (χ0v) is 16.6. The average Bonchev–Trinajstić information content (AvgIpc) is 3.07. The van der Waals surface area contributed by atoms with Crippen molar-refractivity contribution in [2.24, 2.45) is 0 Å². The molecule has 1 N–H and O–H groups in total. The minimum Gasteiger partial charge on any atom is -0.338 e. The lowest BCUT2D eigenvalue weighted by Gasteiger charge is -2.32. The SMILES string of the molecule is CCCc1nnsc1C(=O)Nc1c(C)nc(N2CCN(C)CC2)nc1C. The Hall–Kier alpha value is -2.13. The van der Waals surface area contributed by atoms with Crippen LogP contribution < -0.4 is 10.2 Å². The molecular formula is C17H25N7OS. The molecule has 0 spiro atoms. The van der Waals surface area contributed by atoms with Gasteiger partial charge in [-0.3, -0.25) is 4.79 Å². The summed E-state index contributed by atoms with van der Waals surface area (Å²) in [5.41, 5.74) is 2.97. The lowest BCUT2D eigenvalue weighted by molar-refractivity contribution is 0.102. The van der Waals surface area contributed by atoms with Crippen LogP contribution in [0.4, 0.5) is 11.6 Å². The van der Waals surface area contributed by atoms with Gasteiger partial charge in [0, 0.05) is 26.2 Å². The Morgan fingerprint density at radius 3 is 2.42 bits per heavy atom. The summed E-state index contributed by atoms with van der Waals surface area (Å²) >= 11 is 1.13. The summed E-state index contributed by atoms with van der Waals surface area (Å²) in [6.07, 6.45) is 1.67. The van der Waals surface area contributed by atoms with Crippen molar-refractivity contribution >= 4 is 29.1 Å². The summed E-state index contributed by atoms with van der Waals surface area (Å²) in [7, 11) is 2.12. The first kappa shape index (κ1) is 18.7. The number of aryl methyl sites for hydroxylation is 3. The van der Waals surface area contributed by atoms with Gasteiger partial charge >= 0.3 is 0 Å². The number of hydrogen-bond acceptors (Lipinski definition) is 8. The van der Waals surface area contributed by atoms with Crippen LogP contribution in [-0.4, -0.2) is 63.6 Å². The maximum Gasteiger partial charge on any atom is 0.269 e. The highest BCUT2D eigenvalue weighted by Crippen LogP contribution is 2.23. The van der Waals surface area contributed by atoms with Crippen LogP contribution in [-0.2, 0) is 6.42 Å². The number of carbonyl (C=O) groups is 1. The normalized spacial score (nSPS) is 15.3. The Labute approximate surface area is 157 Å². The fourth-order valence-corrected chi connectivity index (χ4v) is 3.58. The van der Waals surface area contributed by atoms with E-state index in [0.717, 1.165) is 73.6 Å².